The molecule has 144 valence electrons. The van der Waals surface area contributed by atoms with Gasteiger partial charge >= 0.3 is 0 Å². The van der Waals surface area contributed by atoms with Crippen molar-refractivity contribution in [2.75, 3.05) is 35.7 Å². The number of hydrogen-bond donors (Lipinski definition) is 2. The van der Waals surface area contributed by atoms with Crippen molar-refractivity contribution in [1.29, 1.82) is 0 Å². The Morgan fingerprint density at radius 1 is 1.19 bits per heavy atom. The molecule has 2 rings (SSSR count). The Morgan fingerprint density at radius 3 is 2.63 bits per heavy atom. The number of benzene rings is 1. The van der Waals surface area contributed by atoms with Crippen molar-refractivity contribution in [2.45, 2.75) is 6.92 Å². The summed E-state index contributed by atoms with van der Waals surface area (Å²) in [5.74, 6) is 0.283. The van der Waals surface area contributed by atoms with E-state index in [4.69, 9.17) is 4.52 Å². The van der Waals surface area contributed by atoms with Gasteiger partial charge in [0.15, 0.2) is 5.82 Å². The highest BCUT2D eigenvalue weighted by Gasteiger charge is 2.15. The second-order valence-electron chi connectivity index (χ2n) is 5.67. The van der Waals surface area contributed by atoms with Crippen LogP contribution in [0, 0.1) is 6.92 Å². The molecule has 0 aliphatic carbocycles. The molecule has 0 bridgehead atoms. The number of nitrogens with one attached hydrogen (secondary N) is 2. The summed E-state index contributed by atoms with van der Waals surface area (Å²) < 4.78 is 5.72. The number of anilines is 2. The fourth-order valence-electron chi connectivity index (χ4n) is 2.02. The Labute approximate surface area is 169 Å². The zero-order valence-corrected chi connectivity index (χ0v) is 17.2. The molecule has 1 heterocycles. The summed E-state index contributed by atoms with van der Waals surface area (Å²) in [6.45, 7) is 1.60. The van der Waals surface area contributed by atoms with Gasteiger partial charge in [0.1, 0.15) is 5.76 Å². The van der Waals surface area contributed by atoms with E-state index in [0.29, 0.717) is 17.3 Å². The van der Waals surface area contributed by atoms with Crippen LogP contribution in [0.5, 0.6) is 0 Å². The molecule has 8 nitrogen and oxygen atoms in total. The molecule has 27 heavy (non-hydrogen) atoms. The van der Waals surface area contributed by atoms with Crippen molar-refractivity contribution >= 4 is 56.9 Å². The molecule has 0 spiro atoms. The van der Waals surface area contributed by atoms with Crippen LogP contribution in [0.25, 0.3) is 0 Å². The first-order chi connectivity index (χ1) is 12.8. The van der Waals surface area contributed by atoms with Gasteiger partial charge in [-0.2, -0.15) is 0 Å². The molecular weight excluding hydrogens is 436 g/mol. The first-order valence-corrected chi connectivity index (χ1v) is 9.88. The average molecular weight is 455 g/mol. The minimum Gasteiger partial charge on any atom is -0.360 e. The number of aromatic nitrogens is 1. The van der Waals surface area contributed by atoms with E-state index < -0.39 is 0 Å². The standard InChI is InChI=1S/C17H19BrN4O4S/c1-11-6-14(21-26-11)20-15(23)8-22(2)17(25)10-27-9-16(24)19-13-5-3-4-12(18)7-13/h3-7H,8-10H2,1-2H3,(H,19,24)(H,20,21,23). The highest BCUT2D eigenvalue weighted by atomic mass is 79.9. The lowest BCUT2D eigenvalue weighted by Crippen LogP contribution is -2.36. The molecule has 0 atom stereocenters. The predicted molar refractivity (Wildman–Crippen MR) is 108 cm³/mol. The second kappa shape index (κ2) is 10.1. The molecule has 2 aromatic rings. The maximum absolute atomic E-state index is 12.1. The molecule has 2 N–H and O–H groups in total. The highest BCUT2D eigenvalue weighted by molar-refractivity contribution is 9.10. The molecule has 0 saturated heterocycles. The van der Waals surface area contributed by atoms with Gasteiger partial charge < -0.3 is 20.1 Å². The maximum atomic E-state index is 12.1. The normalized spacial score (nSPS) is 10.3. The van der Waals surface area contributed by atoms with Gasteiger partial charge in [0.05, 0.1) is 18.1 Å². The average Bonchev–Trinajstić information content (AvgIpc) is 2.99. The summed E-state index contributed by atoms with van der Waals surface area (Å²) in [6.07, 6.45) is 0. The summed E-state index contributed by atoms with van der Waals surface area (Å²) >= 11 is 4.51. The first kappa shape index (κ1) is 21.0. The smallest absolute Gasteiger partial charge is 0.245 e. The predicted octanol–water partition coefficient (Wildman–Crippen LogP) is 2.51. The van der Waals surface area contributed by atoms with Crippen LogP contribution >= 0.6 is 27.7 Å². The lowest BCUT2D eigenvalue weighted by Gasteiger charge is -2.16. The van der Waals surface area contributed by atoms with Gasteiger partial charge in [-0.3, -0.25) is 14.4 Å². The van der Waals surface area contributed by atoms with Crippen molar-refractivity contribution in [1.82, 2.24) is 10.1 Å². The number of hydrogen-bond acceptors (Lipinski definition) is 6. The number of halogens is 1. The van der Waals surface area contributed by atoms with E-state index in [9.17, 15) is 14.4 Å². The number of likely N-dealkylation sites (N-methyl/N-ethyl adjacent to an activating group) is 1. The molecule has 0 unspecified atom stereocenters. The van der Waals surface area contributed by atoms with Crippen molar-refractivity contribution in [3.63, 3.8) is 0 Å². The van der Waals surface area contributed by atoms with Crippen molar-refractivity contribution in [2.24, 2.45) is 0 Å². The summed E-state index contributed by atoms with van der Waals surface area (Å²) in [5, 5.41) is 8.95. The van der Waals surface area contributed by atoms with Gasteiger partial charge in [-0.05, 0) is 25.1 Å². The number of carbonyl (C=O) groups is 3. The molecule has 3 amide bonds. The third kappa shape index (κ3) is 7.43. The minimum absolute atomic E-state index is 0.0960. The summed E-state index contributed by atoms with van der Waals surface area (Å²) in [5.41, 5.74) is 0.679. The van der Waals surface area contributed by atoms with Crippen molar-refractivity contribution < 1.29 is 18.9 Å². The van der Waals surface area contributed by atoms with Gasteiger partial charge in [0.2, 0.25) is 17.7 Å². The molecule has 0 aliphatic rings. The summed E-state index contributed by atoms with van der Waals surface area (Å²) in [7, 11) is 1.53. The zero-order chi connectivity index (χ0) is 19.8. The number of rotatable bonds is 8. The van der Waals surface area contributed by atoms with Gasteiger partial charge in [-0.25, -0.2) is 0 Å². The first-order valence-electron chi connectivity index (χ1n) is 7.94. The van der Waals surface area contributed by atoms with Crippen LogP contribution in [0.15, 0.2) is 39.3 Å². The minimum atomic E-state index is -0.378. The van der Waals surface area contributed by atoms with Gasteiger partial charge in [-0.15, -0.1) is 11.8 Å². The molecule has 0 saturated carbocycles. The number of carbonyl (C=O) groups excluding carboxylic acids is 3. The summed E-state index contributed by atoms with van der Waals surface area (Å²) in [6, 6.07) is 8.83. The topological polar surface area (TPSA) is 105 Å². The monoisotopic (exact) mass is 454 g/mol. The lowest BCUT2D eigenvalue weighted by atomic mass is 10.3. The molecule has 1 aromatic carbocycles. The number of nitrogens with zero attached hydrogens (tertiary/aromatic N) is 2. The van der Waals surface area contributed by atoms with E-state index in [1.165, 1.54) is 23.7 Å². The van der Waals surface area contributed by atoms with E-state index in [2.05, 4.69) is 31.7 Å². The largest absolute Gasteiger partial charge is 0.360 e. The van der Waals surface area contributed by atoms with Crippen LogP contribution < -0.4 is 10.6 Å². The molecule has 10 heteroatoms. The Balaban J connectivity index is 1.68. The Bertz CT molecular complexity index is 827. The Morgan fingerprint density at radius 2 is 1.96 bits per heavy atom. The van der Waals surface area contributed by atoms with Gasteiger partial charge in [0, 0.05) is 23.3 Å². The van der Waals surface area contributed by atoms with Crippen LogP contribution in [0.1, 0.15) is 5.76 Å². The molecule has 1 aromatic heterocycles. The molecular formula is C17H19BrN4O4S. The number of aryl methyl sites for hydroxylation is 1. The molecule has 0 fully saturated rings. The Kier molecular flexibility index (Phi) is 7.86. The van der Waals surface area contributed by atoms with Crippen LogP contribution in [0.3, 0.4) is 0 Å². The number of thioether (sulfide) groups is 1. The quantitative estimate of drug-likeness (QED) is 0.634. The van der Waals surface area contributed by atoms with Crippen LogP contribution in [-0.2, 0) is 14.4 Å². The van der Waals surface area contributed by atoms with E-state index in [0.717, 1.165) is 4.47 Å². The van der Waals surface area contributed by atoms with Gasteiger partial charge in [-0.1, -0.05) is 27.2 Å². The van der Waals surface area contributed by atoms with E-state index in [1.54, 1.807) is 25.1 Å². The van der Waals surface area contributed by atoms with E-state index in [1.807, 2.05) is 12.1 Å². The lowest BCUT2D eigenvalue weighted by molar-refractivity contribution is -0.131. The van der Waals surface area contributed by atoms with E-state index in [-0.39, 0.29) is 35.8 Å². The van der Waals surface area contributed by atoms with Crippen LogP contribution in [0.4, 0.5) is 11.5 Å². The SMILES string of the molecule is Cc1cc(NC(=O)CN(C)C(=O)CSCC(=O)Nc2cccc(Br)c2)no1. The fraction of sp³-hybridized carbons (Fsp3) is 0.294. The highest BCUT2D eigenvalue weighted by Crippen LogP contribution is 2.16. The maximum Gasteiger partial charge on any atom is 0.245 e. The molecule has 0 aliphatic heterocycles. The molecule has 0 radical (unpaired) electrons. The second-order valence-corrected chi connectivity index (χ2v) is 7.57. The third-order valence-corrected chi connectivity index (χ3v) is 4.68. The van der Waals surface area contributed by atoms with Crippen LogP contribution in [0.2, 0.25) is 0 Å². The van der Waals surface area contributed by atoms with Crippen molar-refractivity contribution in [3.05, 3.63) is 40.6 Å². The summed E-state index contributed by atoms with van der Waals surface area (Å²) in [4.78, 5) is 37.2. The Hall–Kier alpha value is -2.33. The van der Waals surface area contributed by atoms with Crippen LogP contribution in [-0.4, -0.2) is 52.9 Å². The fourth-order valence-corrected chi connectivity index (χ4v) is 3.17. The van der Waals surface area contributed by atoms with E-state index >= 15 is 0 Å². The van der Waals surface area contributed by atoms with Crippen molar-refractivity contribution in [3.8, 4) is 0 Å². The zero-order valence-electron chi connectivity index (χ0n) is 14.8. The third-order valence-electron chi connectivity index (χ3n) is 3.27. The van der Waals surface area contributed by atoms with Gasteiger partial charge in [0.25, 0.3) is 0 Å². The number of amides is 3.